The molecule has 1 fully saturated rings. The van der Waals surface area contributed by atoms with Crippen LogP contribution in [0.5, 0.6) is 0 Å². The van der Waals surface area contributed by atoms with E-state index in [4.69, 9.17) is 11.6 Å². The van der Waals surface area contributed by atoms with E-state index >= 15 is 0 Å². The molecule has 2 amide bonds. The van der Waals surface area contributed by atoms with E-state index < -0.39 is 0 Å². The van der Waals surface area contributed by atoms with Crippen LogP contribution in [0, 0.1) is 5.92 Å². The molecule has 1 aliphatic carbocycles. The van der Waals surface area contributed by atoms with Crippen LogP contribution >= 0.6 is 11.6 Å². The van der Waals surface area contributed by atoms with Crippen molar-refractivity contribution in [3.05, 3.63) is 70.2 Å². The van der Waals surface area contributed by atoms with Gasteiger partial charge in [0, 0.05) is 30.7 Å². The van der Waals surface area contributed by atoms with Crippen LogP contribution in [0.2, 0.25) is 5.02 Å². The summed E-state index contributed by atoms with van der Waals surface area (Å²) in [5, 5.41) is 0.613. The van der Waals surface area contributed by atoms with Crippen molar-refractivity contribution in [3.63, 3.8) is 0 Å². The molecule has 4 nitrogen and oxygen atoms in total. The lowest BCUT2D eigenvalue weighted by Crippen LogP contribution is -2.46. The molecular weight excluding hydrogens is 372 g/mol. The Kier molecular flexibility index (Phi) is 5.40. The van der Waals surface area contributed by atoms with Crippen LogP contribution in [0.15, 0.2) is 48.5 Å². The minimum absolute atomic E-state index is 0.0250. The highest BCUT2D eigenvalue weighted by molar-refractivity contribution is 6.30. The zero-order chi connectivity index (χ0) is 19.7. The van der Waals surface area contributed by atoms with Crippen LogP contribution in [0.3, 0.4) is 0 Å². The van der Waals surface area contributed by atoms with Crippen LogP contribution in [-0.4, -0.2) is 41.8 Å². The molecule has 0 aromatic heterocycles. The zero-order valence-corrected chi connectivity index (χ0v) is 16.9. The number of likely N-dealkylation sites (tertiary alicyclic amines) is 1. The fraction of sp³-hybridized carbons (Fsp3) is 0.391. The van der Waals surface area contributed by atoms with Gasteiger partial charge >= 0.3 is 0 Å². The highest BCUT2D eigenvalue weighted by Crippen LogP contribution is 2.36. The Morgan fingerprint density at radius 2 is 1.82 bits per heavy atom. The number of fused-ring (bicyclic) bond motifs is 1. The zero-order valence-electron chi connectivity index (χ0n) is 16.1. The second-order valence-electron chi connectivity index (χ2n) is 7.80. The smallest absolute Gasteiger partial charge is 0.253 e. The number of hydrogen-bond acceptors (Lipinski definition) is 2. The summed E-state index contributed by atoms with van der Waals surface area (Å²) in [6.45, 7) is 1.18. The van der Waals surface area contributed by atoms with Gasteiger partial charge in [-0.15, -0.1) is 0 Å². The summed E-state index contributed by atoms with van der Waals surface area (Å²) in [6.07, 6.45) is 3.68. The van der Waals surface area contributed by atoms with E-state index in [1.165, 1.54) is 11.1 Å². The Bertz CT molecular complexity index is 880. The maximum Gasteiger partial charge on any atom is 0.253 e. The summed E-state index contributed by atoms with van der Waals surface area (Å²) >= 11 is 5.92. The molecular formula is C23H25ClN2O2. The summed E-state index contributed by atoms with van der Waals surface area (Å²) < 4.78 is 0. The summed E-state index contributed by atoms with van der Waals surface area (Å²) in [5.74, 6) is -0.0129. The molecule has 0 saturated carbocycles. The molecule has 2 aliphatic rings. The maximum absolute atomic E-state index is 13.2. The first kappa shape index (κ1) is 19.0. The number of hydrogen-bond donors (Lipinski definition) is 0. The van der Waals surface area contributed by atoms with Crippen molar-refractivity contribution < 1.29 is 9.59 Å². The lowest BCUT2D eigenvalue weighted by molar-refractivity contribution is -0.137. The molecule has 146 valence electrons. The minimum atomic E-state index is -0.136. The molecule has 4 rings (SSSR count). The number of piperidine rings is 1. The van der Waals surface area contributed by atoms with Crippen LogP contribution in [0.1, 0.15) is 46.8 Å². The Balaban J connectivity index is 1.45. The second kappa shape index (κ2) is 7.96. The molecule has 2 aromatic rings. The Morgan fingerprint density at radius 3 is 2.61 bits per heavy atom. The molecule has 2 unspecified atom stereocenters. The van der Waals surface area contributed by atoms with E-state index in [-0.39, 0.29) is 23.8 Å². The highest BCUT2D eigenvalue weighted by Gasteiger charge is 2.35. The Morgan fingerprint density at radius 1 is 1.07 bits per heavy atom. The average molecular weight is 397 g/mol. The monoisotopic (exact) mass is 396 g/mol. The van der Waals surface area contributed by atoms with Crippen LogP contribution in [0.25, 0.3) is 0 Å². The van der Waals surface area contributed by atoms with Crippen molar-refractivity contribution in [2.45, 2.75) is 31.7 Å². The van der Waals surface area contributed by atoms with Gasteiger partial charge in [-0.2, -0.15) is 0 Å². The highest BCUT2D eigenvalue weighted by atomic mass is 35.5. The van der Waals surface area contributed by atoms with E-state index in [1.54, 1.807) is 24.3 Å². The molecule has 1 aliphatic heterocycles. The fourth-order valence-electron chi connectivity index (χ4n) is 4.52. The van der Waals surface area contributed by atoms with Crippen molar-refractivity contribution in [2.75, 3.05) is 20.1 Å². The first-order valence-corrected chi connectivity index (χ1v) is 10.3. The van der Waals surface area contributed by atoms with Gasteiger partial charge in [0.25, 0.3) is 5.91 Å². The molecule has 2 atom stereocenters. The van der Waals surface area contributed by atoms with E-state index in [0.29, 0.717) is 23.7 Å². The summed E-state index contributed by atoms with van der Waals surface area (Å²) in [7, 11) is 1.91. The van der Waals surface area contributed by atoms with Crippen molar-refractivity contribution in [1.82, 2.24) is 9.80 Å². The van der Waals surface area contributed by atoms with E-state index in [9.17, 15) is 9.59 Å². The van der Waals surface area contributed by atoms with Gasteiger partial charge in [-0.3, -0.25) is 9.59 Å². The minimum Gasteiger partial charge on any atom is -0.338 e. The van der Waals surface area contributed by atoms with Crippen LogP contribution < -0.4 is 0 Å². The fourth-order valence-corrected chi connectivity index (χ4v) is 4.64. The summed E-state index contributed by atoms with van der Waals surface area (Å²) in [6, 6.07) is 15.5. The number of halogens is 1. The third-order valence-corrected chi connectivity index (χ3v) is 6.32. The summed E-state index contributed by atoms with van der Waals surface area (Å²) in [5.41, 5.74) is 3.23. The average Bonchev–Trinajstić information content (AvgIpc) is 3.17. The van der Waals surface area contributed by atoms with Crippen molar-refractivity contribution in [1.29, 1.82) is 0 Å². The van der Waals surface area contributed by atoms with Gasteiger partial charge in [0.1, 0.15) is 0 Å². The number of carbonyl (C=O) groups is 2. The van der Waals surface area contributed by atoms with Gasteiger partial charge in [-0.1, -0.05) is 35.9 Å². The lowest BCUT2D eigenvalue weighted by Gasteiger charge is -2.36. The number of nitrogens with zero attached hydrogens (tertiary/aromatic N) is 2. The maximum atomic E-state index is 13.2. The molecule has 0 bridgehead atoms. The summed E-state index contributed by atoms with van der Waals surface area (Å²) in [4.78, 5) is 29.8. The number of carbonyl (C=O) groups excluding carboxylic acids is 2. The SMILES string of the molecule is CN(C(=O)C1CCCN(C(=O)c2ccc(Cl)cc2)C1)C1CCc2ccccc21. The lowest BCUT2D eigenvalue weighted by atomic mass is 9.95. The van der Waals surface area contributed by atoms with Gasteiger partial charge in [-0.05, 0) is 61.1 Å². The Hall–Kier alpha value is -2.33. The van der Waals surface area contributed by atoms with Gasteiger partial charge in [0.05, 0.1) is 12.0 Å². The second-order valence-corrected chi connectivity index (χ2v) is 8.24. The van der Waals surface area contributed by atoms with E-state index in [1.807, 2.05) is 22.9 Å². The van der Waals surface area contributed by atoms with Crippen LogP contribution in [-0.2, 0) is 11.2 Å². The van der Waals surface area contributed by atoms with Crippen LogP contribution in [0.4, 0.5) is 0 Å². The largest absolute Gasteiger partial charge is 0.338 e. The van der Waals surface area contributed by atoms with E-state index in [2.05, 4.69) is 18.2 Å². The first-order chi connectivity index (χ1) is 13.5. The standard InChI is InChI=1S/C23H25ClN2O2/c1-25(21-13-10-16-5-2-3-7-20(16)21)22(27)18-6-4-14-26(15-18)23(28)17-8-11-19(24)12-9-17/h2-3,5,7-9,11-12,18,21H,4,6,10,13-15H2,1H3. The third kappa shape index (κ3) is 3.66. The van der Waals surface area contributed by atoms with Crippen molar-refractivity contribution >= 4 is 23.4 Å². The van der Waals surface area contributed by atoms with Gasteiger partial charge in [0.15, 0.2) is 0 Å². The number of aryl methyl sites for hydroxylation is 1. The molecule has 2 aromatic carbocycles. The Labute approximate surface area is 171 Å². The molecule has 0 spiro atoms. The normalized spacial score (nSPS) is 21.3. The quantitative estimate of drug-likeness (QED) is 0.774. The molecule has 0 radical (unpaired) electrons. The third-order valence-electron chi connectivity index (χ3n) is 6.07. The van der Waals surface area contributed by atoms with Gasteiger partial charge in [0.2, 0.25) is 5.91 Å². The predicted octanol–water partition coefficient (Wildman–Crippen LogP) is 4.34. The number of rotatable bonds is 3. The van der Waals surface area contributed by atoms with Gasteiger partial charge in [-0.25, -0.2) is 0 Å². The van der Waals surface area contributed by atoms with Crippen molar-refractivity contribution in [2.24, 2.45) is 5.92 Å². The predicted molar refractivity (Wildman–Crippen MR) is 110 cm³/mol. The molecule has 1 saturated heterocycles. The number of amides is 2. The molecule has 5 heteroatoms. The van der Waals surface area contributed by atoms with Crippen molar-refractivity contribution in [3.8, 4) is 0 Å². The molecule has 0 N–H and O–H groups in total. The molecule has 1 heterocycles. The first-order valence-electron chi connectivity index (χ1n) is 9.94. The molecule has 28 heavy (non-hydrogen) atoms. The van der Waals surface area contributed by atoms with Gasteiger partial charge < -0.3 is 9.80 Å². The van der Waals surface area contributed by atoms with E-state index in [0.717, 1.165) is 25.7 Å². The number of benzene rings is 2. The topological polar surface area (TPSA) is 40.6 Å².